The fourth-order valence-corrected chi connectivity index (χ4v) is 3.64. The predicted molar refractivity (Wildman–Crippen MR) is 87.4 cm³/mol. The third-order valence-corrected chi connectivity index (χ3v) is 4.69. The molecule has 1 aliphatic heterocycles. The third kappa shape index (κ3) is 3.44. The van der Waals surface area contributed by atoms with Crippen LogP contribution in [0.15, 0.2) is 22.7 Å². The van der Waals surface area contributed by atoms with E-state index in [4.69, 9.17) is 0 Å². The maximum Gasteiger partial charge on any atom is 0.275 e. The van der Waals surface area contributed by atoms with Crippen LogP contribution in [0.4, 0.5) is 5.69 Å². The van der Waals surface area contributed by atoms with E-state index in [2.05, 4.69) is 40.0 Å². The average molecular weight is 356 g/mol. The molecule has 21 heavy (non-hydrogen) atoms. The van der Waals surface area contributed by atoms with Crippen LogP contribution in [0, 0.1) is 16.0 Å². The molecule has 0 spiro atoms. The van der Waals surface area contributed by atoms with Crippen LogP contribution in [0.5, 0.6) is 0 Å². The molecule has 1 heterocycles. The molecule has 1 aromatic carbocycles. The molecule has 2 unspecified atom stereocenters. The van der Waals surface area contributed by atoms with Crippen molar-refractivity contribution in [3.63, 3.8) is 0 Å². The van der Waals surface area contributed by atoms with Crippen molar-refractivity contribution >= 4 is 21.6 Å². The van der Waals surface area contributed by atoms with E-state index in [0.717, 1.165) is 29.5 Å². The SMILES string of the molecule is CNCC1CCN(C(C)C)C1c1ccc(Br)cc1[N+](=O)[O-]. The van der Waals surface area contributed by atoms with Gasteiger partial charge in [0.15, 0.2) is 0 Å². The van der Waals surface area contributed by atoms with Crippen molar-refractivity contribution in [2.45, 2.75) is 32.4 Å². The van der Waals surface area contributed by atoms with Crippen LogP contribution >= 0.6 is 15.9 Å². The van der Waals surface area contributed by atoms with E-state index in [0.29, 0.717) is 12.0 Å². The Hall–Kier alpha value is -0.980. The fraction of sp³-hybridized carbons (Fsp3) is 0.600. The summed E-state index contributed by atoms with van der Waals surface area (Å²) in [5, 5.41) is 14.6. The summed E-state index contributed by atoms with van der Waals surface area (Å²) in [4.78, 5) is 13.5. The summed E-state index contributed by atoms with van der Waals surface area (Å²) in [5.41, 5.74) is 1.04. The van der Waals surface area contributed by atoms with E-state index in [-0.39, 0.29) is 16.7 Å². The molecule has 1 saturated heterocycles. The molecule has 0 radical (unpaired) electrons. The molecule has 0 amide bonds. The second-order valence-corrected chi connectivity index (χ2v) is 6.76. The number of nitro groups is 1. The van der Waals surface area contributed by atoms with E-state index < -0.39 is 0 Å². The van der Waals surface area contributed by atoms with Gasteiger partial charge in [0, 0.05) is 28.2 Å². The van der Waals surface area contributed by atoms with Gasteiger partial charge in [-0.05, 0) is 58.5 Å². The summed E-state index contributed by atoms with van der Waals surface area (Å²) in [7, 11) is 1.94. The first-order valence-corrected chi connectivity index (χ1v) is 8.09. The van der Waals surface area contributed by atoms with Crippen LogP contribution in [-0.4, -0.2) is 36.0 Å². The highest BCUT2D eigenvalue weighted by Gasteiger charge is 2.39. The lowest BCUT2D eigenvalue weighted by Crippen LogP contribution is -2.34. The van der Waals surface area contributed by atoms with Gasteiger partial charge in [-0.15, -0.1) is 0 Å². The summed E-state index contributed by atoms with van der Waals surface area (Å²) in [6.07, 6.45) is 1.07. The lowest BCUT2D eigenvalue weighted by atomic mass is 9.92. The Morgan fingerprint density at radius 3 is 2.81 bits per heavy atom. The average Bonchev–Trinajstić information content (AvgIpc) is 2.83. The smallest absolute Gasteiger partial charge is 0.275 e. The molecule has 1 N–H and O–H groups in total. The molecular formula is C15H22BrN3O2. The van der Waals surface area contributed by atoms with Crippen LogP contribution in [0.3, 0.4) is 0 Å². The van der Waals surface area contributed by atoms with Gasteiger partial charge in [-0.2, -0.15) is 0 Å². The van der Waals surface area contributed by atoms with Crippen molar-refractivity contribution in [1.82, 2.24) is 10.2 Å². The van der Waals surface area contributed by atoms with Gasteiger partial charge in [0.2, 0.25) is 0 Å². The van der Waals surface area contributed by atoms with Crippen molar-refractivity contribution < 1.29 is 4.92 Å². The number of rotatable bonds is 5. The Bertz CT molecular complexity index is 522. The highest BCUT2D eigenvalue weighted by atomic mass is 79.9. The molecule has 2 rings (SSSR count). The highest BCUT2D eigenvalue weighted by Crippen LogP contribution is 2.42. The Morgan fingerprint density at radius 2 is 2.24 bits per heavy atom. The van der Waals surface area contributed by atoms with Gasteiger partial charge < -0.3 is 5.32 Å². The topological polar surface area (TPSA) is 58.4 Å². The molecule has 1 aromatic rings. The molecule has 5 nitrogen and oxygen atoms in total. The number of nitrogens with zero attached hydrogens (tertiary/aromatic N) is 2. The van der Waals surface area contributed by atoms with Crippen molar-refractivity contribution in [2.24, 2.45) is 5.92 Å². The minimum atomic E-state index is -0.270. The Morgan fingerprint density at radius 1 is 1.52 bits per heavy atom. The summed E-state index contributed by atoms with van der Waals surface area (Å²) < 4.78 is 0.747. The number of likely N-dealkylation sites (tertiary alicyclic amines) is 1. The third-order valence-electron chi connectivity index (χ3n) is 4.20. The van der Waals surface area contributed by atoms with Crippen LogP contribution in [-0.2, 0) is 0 Å². The molecule has 0 aromatic heterocycles. The molecule has 116 valence electrons. The van der Waals surface area contributed by atoms with Gasteiger partial charge in [0.05, 0.1) is 4.92 Å². The molecule has 0 bridgehead atoms. The summed E-state index contributed by atoms with van der Waals surface area (Å²) in [5.74, 6) is 0.400. The number of benzene rings is 1. The van der Waals surface area contributed by atoms with E-state index >= 15 is 0 Å². The Balaban J connectivity index is 2.46. The zero-order valence-electron chi connectivity index (χ0n) is 12.7. The summed E-state index contributed by atoms with van der Waals surface area (Å²) >= 11 is 3.33. The number of halogens is 1. The van der Waals surface area contributed by atoms with Crippen molar-refractivity contribution in [2.75, 3.05) is 20.1 Å². The van der Waals surface area contributed by atoms with Gasteiger partial charge in [-0.1, -0.05) is 15.9 Å². The summed E-state index contributed by atoms with van der Waals surface area (Å²) in [6, 6.07) is 5.89. The standard InChI is InChI=1S/C15H22BrN3O2/c1-10(2)18-7-6-11(9-17-3)15(18)13-5-4-12(16)8-14(13)19(20)21/h4-5,8,10-11,15,17H,6-7,9H2,1-3H3. The molecule has 6 heteroatoms. The second-order valence-electron chi connectivity index (χ2n) is 5.84. The van der Waals surface area contributed by atoms with Crippen molar-refractivity contribution in [3.05, 3.63) is 38.3 Å². The maximum atomic E-state index is 11.4. The predicted octanol–water partition coefficient (Wildman–Crippen LogP) is 3.35. The molecule has 0 saturated carbocycles. The van der Waals surface area contributed by atoms with E-state index in [9.17, 15) is 10.1 Å². The highest BCUT2D eigenvalue weighted by molar-refractivity contribution is 9.10. The number of hydrogen-bond acceptors (Lipinski definition) is 4. The fourth-order valence-electron chi connectivity index (χ4n) is 3.30. The quantitative estimate of drug-likeness (QED) is 0.649. The molecule has 1 fully saturated rings. The van der Waals surface area contributed by atoms with E-state index in [1.165, 1.54) is 0 Å². The molecule has 2 atom stereocenters. The van der Waals surface area contributed by atoms with Crippen LogP contribution in [0.1, 0.15) is 31.9 Å². The molecule has 0 aliphatic carbocycles. The zero-order chi connectivity index (χ0) is 15.6. The second kappa shape index (κ2) is 6.85. The van der Waals surface area contributed by atoms with Crippen LogP contribution in [0.2, 0.25) is 0 Å². The normalized spacial score (nSPS) is 22.9. The zero-order valence-corrected chi connectivity index (χ0v) is 14.3. The largest absolute Gasteiger partial charge is 0.319 e. The van der Waals surface area contributed by atoms with Gasteiger partial charge in [-0.25, -0.2) is 0 Å². The van der Waals surface area contributed by atoms with Crippen molar-refractivity contribution in [1.29, 1.82) is 0 Å². The number of hydrogen-bond donors (Lipinski definition) is 1. The maximum absolute atomic E-state index is 11.4. The number of nitro benzene ring substituents is 1. The van der Waals surface area contributed by atoms with Gasteiger partial charge in [0.1, 0.15) is 0 Å². The van der Waals surface area contributed by atoms with Crippen LogP contribution in [0.25, 0.3) is 0 Å². The Kier molecular flexibility index (Phi) is 5.35. The van der Waals surface area contributed by atoms with Crippen LogP contribution < -0.4 is 5.32 Å². The lowest BCUT2D eigenvalue weighted by molar-refractivity contribution is -0.386. The molecular weight excluding hydrogens is 334 g/mol. The van der Waals surface area contributed by atoms with E-state index in [1.54, 1.807) is 6.07 Å². The van der Waals surface area contributed by atoms with Gasteiger partial charge in [-0.3, -0.25) is 15.0 Å². The molecule has 1 aliphatic rings. The summed E-state index contributed by atoms with van der Waals surface area (Å²) in [6.45, 7) is 6.17. The lowest BCUT2D eigenvalue weighted by Gasteiger charge is -2.31. The first-order chi connectivity index (χ1) is 9.95. The van der Waals surface area contributed by atoms with Gasteiger partial charge in [0.25, 0.3) is 5.69 Å². The Labute approximate surface area is 134 Å². The first-order valence-electron chi connectivity index (χ1n) is 7.30. The van der Waals surface area contributed by atoms with Gasteiger partial charge >= 0.3 is 0 Å². The minimum Gasteiger partial charge on any atom is -0.319 e. The van der Waals surface area contributed by atoms with Crippen molar-refractivity contribution in [3.8, 4) is 0 Å². The first kappa shape index (κ1) is 16.4. The minimum absolute atomic E-state index is 0.103. The van der Waals surface area contributed by atoms with E-state index in [1.807, 2.05) is 19.2 Å². The number of nitrogens with one attached hydrogen (secondary N) is 1. The monoisotopic (exact) mass is 355 g/mol.